The number of ketones is 1. The predicted molar refractivity (Wildman–Crippen MR) is 118 cm³/mol. The molecular formula is C24H20N4O3. The number of aromatic nitrogens is 3. The van der Waals surface area contributed by atoms with Crippen molar-refractivity contribution in [3.05, 3.63) is 87.7 Å². The molecule has 0 saturated carbocycles. The van der Waals surface area contributed by atoms with Crippen molar-refractivity contribution in [1.29, 1.82) is 0 Å². The lowest BCUT2D eigenvalue weighted by Gasteiger charge is -2.11. The van der Waals surface area contributed by atoms with Crippen LogP contribution in [0.2, 0.25) is 0 Å². The number of nitrogens with one attached hydrogen (secondary N) is 2. The van der Waals surface area contributed by atoms with Crippen LogP contribution in [-0.2, 0) is 6.42 Å². The van der Waals surface area contributed by atoms with E-state index in [0.29, 0.717) is 29.1 Å². The molecule has 0 aliphatic heterocycles. The third-order valence-electron chi connectivity index (χ3n) is 5.73. The number of carbonyl (C=O) groups is 2. The van der Waals surface area contributed by atoms with Gasteiger partial charge in [-0.15, -0.1) is 0 Å². The molecule has 0 radical (unpaired) electrons. The maximum atomic E-state index is 13.0. The van der Waals surface area contributed by atoms with Gasteiger partial charge in [-0.2, -0.15) is 0 Å². The number of H-pyrrole nitrogens is 1. The van der Waals surface area contributed by atoms with Gasteiger partial charge in [0.25, 0.3) is 11.5 Å². The van der Waals surface area contributed by atoms with E-state index < -0.39 is 11.5 Å². The third-order valence-corrected chi connectivity index (χ3v) is 5.73. The Morgan fingerprint density at radius 2 is 2.03 bits per heavy atom. The molecule has 1 aliphatic carbocycles. The first-order chi connectivity index (χ1) is 15.0. The molecule has 3 aromatic heterocycles. The standard InChI is InChI=1S/C24H20N4O3/c1-14-9-11-28(16-4-3-10-25-13-16)24(31)21(14)23(30)26-15-7-8-17-18-5-2-6-20(29)22(18)27-19(17)12-15/h3-4,7-13,27H,2,5-6H2,1H3,(H,26,30). The molecule has 0 spiro atoms. The van der Waals surface area contributed by atoms with Gasteiger partial charge < -0.3 is 10.3 Å². The van der Waals surface area contributed by atoms with Crippen molar-refractivity contribution in [2.45, 2.75) is 26.2 Å². The zero-order valence-electron chi connectivity index (χ0n) is 16.9. The molecule has 1 aromatic carbocycles. The number of carbonyl (C=O) groups excluding carboxylic acids is 2. The van der Waals surface area contributed by atoms with Crippen molar-refractivity contribution in [3.63, 3.8) is 0 Å². The fourth-order valence-electron chi connectivity index (χ4n) is 4.18. The number of amides is 1. The van der Waals surface area contributed by atoms with Crippen LogP contribution in [0.1, 0.15) is 44.8 Å². The molecule has 4 aromatic rings. The largest absolute Gasteiger partial charge is 0.352 e. The summed E-state index contributed by atoms with van der Waals surface area (Å²) in [5.41, 5.74) is 3.91. The van der Waals surface area contributed by atoms with Crippen molar-refractivity contribution in [2.75, 3.05) is 5.32 Å². The highest BCUT2D eigenvalue weighted by Crippen LogP contribution is 2.30. The van der Waals surface area contributed by atoms with Crippen molar-refractivity contribution < 1.29 is 9.59 Å². The molecule has 1 amide bonds. The summed E-state index contributed by atoms with van der Waals surface area (Å²) >= 11 is 0. The quantitative estimate of drug-likeness (QED) is 0.535. The van der Waals surface area contributed by atoms with E-state index >= 15 is 0 Å². The second kappa shape index (κ2) is 7.36. The number of nitrogens with zero attached hydrogens (tertiary/aromatic N) is 2. The zero-order valence-corrected chi connectivity index (χ0v) is 16.9. The van der Waals surface area contributed by atoms with Gasteiger partial charge in [-0.3, -0.25) is 23.9 Å². The van der Waals surface area contributed by atoms with E-state index in [2.05, 4.69) is 15.3 Å². The van der Waals surface area contributed by atoms with Gasteiger partial charge >= 0.3 is 0 Å². The topological polar surface area (TPSA) is 96.8 Å². The highest BCUT2D eigenvalue weighted by Gasteiger charge is 2.22. The minimum absolute atomic E-state index is 0.0763. The number of Topliss-reactive ketones (excluding diaryl/α,β-unsaturated/α-hetero) is 1. The van der Waals surface area contributed by atoms with Gasteiger partial charge in [-0.1, -0.05) is 6.07 Å². The summed E-state index contributed by atoms with van der Waals surface area (Å²) in [7, 11) is 0. The highest BCUT2D eigenvalue weighted by atomic mass is 16.2. The Labute approximate surface area is 177 Å². The molecule has 2 N–H and O–H groups in total. The Morgan fingerprint density at radius 3 is 2.84 bits per heavy atom. The van der Waals surface area contributed by atoms with E-state index in [1.54, 1.807) is 55.8 Å². The summed E-state index contributed by atoms with van der Waals surface area (Å²) in [6.07, 6.45) is 7.11. The fraction of sp³-hybridized carbons (Fsp3) is 0.167. The number of benzene rings is 1. The number of fused-ring (bicyclic) bond motifs is 3. The predicted octanol–water partition coefficient (Wildman–Crippen LogP) is 3.79. The van der Waals surface area contributed by atoms with E-state index in [9.17, 15) is 14.4 Å². The molecule has 5 rings (SSSR count). The zero-order chi connectivity index (χ0) is 21.5. The van der Waals surface area contributed by atoms with Crippen LogP contribution in [0.4, 0.5) is 5.69 Å². The maximum Gasteiger partial charge on any atom is 0.268 e. The fourth-order valence-corrected chi connectivity index (χ4v) is 4.18. The van der Waals surface area contributed by atoms with Crippen LogP contribution >= 0.6 is 0 Å². The monoisotopic (exact) mass is 412 g/mol. The molecule has 31 heavy (non-hydrogen) atoms. The molecule has 7 heteroatoms. The maximum absolute atomic E-state index is 13.0. The third kappa shape index (κ3) is 3.24. The molecule has 0 atom stereocenters. The summed E-state index contributed by atoms with van der Waals surface area (Å²) in [6.45, 7) is 1.73. The van der Waals surface area contributed by atoms with Gasteiger partial charge in [0.05, 0.1) is 17.6 Å². The Morgan fingerprint density at radius 1 is 1.16 bits per heavy atom. The van der Waals surface area contributed by atoms with Crippen molar-refractivity contribution in [1.82, 2.24) is 14.5 Å². The average molecular weight is 412 g/mol. The first kappa shape index (κ1) is 19.0. The molecule has 1 aliphatic rings. The molecule has 3 heterocycles. The Hall–Kier alpha value is -4.00. The average Bonchev–Trinajstić information content (AvgIpc) is 3.14. The van der Waals surface area contributed by atoms with Crippen molar-refractivity contribution in [3.8, 4) is 5.69 Å². The number of aromatic amines is 1. The number of aryl methyl sites for hydroxylation is 2. The van der Waals surface area contributed by atoms with Gasteiger partial charge in [0.15, 0.2) is 5.78 Å². The Balaban J connectivity index is 1.50. The van der Waals surface area contributed by atoms with Gasteiger partial charge in [0, 0.05) is 35.4 Å². The lowest BCUT2D eigenvalue weighted by Crippen LogP contribution is -2.29. The van der Waals surface area contributed by atoms with Gasteiger partial charge in [-0.25, -0.2) is 0 Å². The summed E-state index contributed by atoms with van der Waals surface area (Å²) in [6, 6.07) is 10.7. The molecule has 0 bridgehead atoms. The molecular weight excluding hydrogens is 392 g/mol. The molecule has 0 unspecified atom stereocenters. The molecule has 0 fully saturated rings. The number of hydrogen-bond donors (Lipinski definition) is 2. The van der Waals surface area contributed by atoms with E-state index in [0.717, 1.165) is 29.3 Å². The molecule has 7 nitrogen and oxygen atoms in total. The van der Waals surface area contributed by atoms with Crippen LogP contribution in [0, 0.1) is 6.92 Å². The normalized spacial score (nSPS) is 13.3. The van der Waals surface area contributed by atoms with E-state index in [4.69, 9.17) is 0 Å². The van der Waals surface area contributed by atoms with E-state index in [1.807, 2.05) is 6.07 Å². The second-order valence-electron chi connectivity index (χ2n) is 7.73. The highest BCUT2D eigenvalue weighted by molar-refractivity contribution is 6.07. The van der Waals surface area contributed by atoms with Crippen molar-refractivity contribution in [2.24, 2.45) is 0 Å². The molecule has 154 valence electrons. The summed E-state index contributed by atoms with van der Waals surface area (Å²) in [5, 5.41) is 3.83. The number of anilines is 1. The smallest absolute Gasteiger partial charge is 0.268 e. The van der Waals surface area contributed by atoms with Gasteiger partial charge in [-0.05, 0) is 61.2 Å². The van der Waals surface area contributed by atoms with Crippen LogP contribution in [0.15, 0.2) is 59.8 Å². The van der Waals surface area contributed by atoms with Crippen molar-refractivity contribution >= 4 is 28.3 Å². The lowest BCUT2D eigenvalue weighted by atomic mass is 9.95. The van der Waals surface area contributed by atoms with Crippen LogP contribution in [0.25, 0.3) is 16.6 Å². The summed E-state index contributed by atoms with van der Waals surface area (Å²) in [5.74, 6) is -0.355. The minimum Gasteiger partial charge on any atom is -0.352 e. The first-order valence-electron chi connectivity index (χ1n) is 10.1. The lowest BCUT2D eigenvalue weighted by molar-refractivity contribution is 0.0967. The number of hydrogen-bond acceptors (Lipinski definition) is 4. The summed E-state index contributed by atoms with van der Waals surface area (Å²) in [4.78, 5) is 45.5. The summed E-state index contributed by atoms with van der Waals surface area (Å²) < 4.78 is 1.41. The Kier molecular flexibility index (Phi) is 4.51. The van der Waals surface area contributed by atoms with Crippen LogP contribution in [0.3, 0.4) is 0 Å². The number of pyridine rings is 2. The second-order valence-corrected chi connectivity index (χ2v) is 7.73. The minimum atomic E-state index is -0.479. The van der Waals surface area contributed by atoms with E-state index in [1.165, 1.54) is 4.57 Å². The van der Waals surface area contributed by atoms with Gasteiger partial charge in [0.2, 0.25) is 0 Å². The SMILES string of the molecule is Cc1ccn(-c2cccnc2)c(=O)c1C(=O)Nc1ccc2c3c([nH]c2c1)C(=O)CCC3. The van der Waals surface area contributed by atoms with Crippen LogP contribution in [0.5, 0.6) is 0 Å². The van der Waals surface area contributed by atoms with Crippen LogP contribution in [-0.4, -0.2) is 26.2 Å². The Bertz CT molecular complexity index is 1400. The van der Waals surface area contributed by atoms with Crippen LogP contribution < -0.4 is 10.9 Å². The number of rotatable bonds is 3. The first-order valence-corrected chi connectivity index (χ1v) is 10.1. The van der Waals surface area contributed by atoms with E-state index in [-0.39, 0.29) is 11.3 Å². The van der Waals surface area contributed by atoms with Gasteiger partial charge in [0.1, 0.15) is 5.56 Å². The molecule has 0 saturated heterocycles.